The van der Waals surface area contributed by atoms with Gasteiger partial charge in [0.15, 0.2) is 5.96 Å². The molecule has 2 aliphatic rings. The van der Waals surface area contributed by atoms with E-state index >= 15 is 0 Å². The Kier molecular flexibility index (Phi) is 7.14. The number of ether oxygens (including phenoxy) is 2. The molecule has 2 aliphatic heterocycles. The SMILES string of the molecule is CCNC(=NCC(C)N1CCOCC1)NCCc1ccc2c(c1)CCO2. The minimum absolute atomic E-state index is 0.436. The van der Waals surface area contributed by atoms with E-state index in [4.69, 9.17) is 14.5 Å². The van der Waals surface area contributed by atoms with Gasteiger partial charge in [-0.1, -0.05) is 12.1 Å². The molecule has 1 fully saturated rings. The fourth-order valence-electron chi connectivity index (χ4n) is 3.42. The lowest BCUT2D eigenvalue weighted by Gasteiger charge is -2.31. The fourth-order valence-corrected chi connectivity index (χ4v) is 3.42. The van der Waals surface area contributed by atoms with Gasteiger partial charge >= 0.3 is 0 Å². The Hall–Kier alpha value is -1.79. The van der Waals surface area contributed by atoms with E-state index in [2.05, 4.69) is 47.6 Å². The van der Waals surface area contributed by atoms with Gasteiger partial charge in [-0.3, -0.25) is 9.89 Å². The average Bonchev–Trinajstić information content (AvgIpc) is 3.14. The van der Waals surface area contributed by atoms with Gasteiger partial charge in [0.05, 0.1) is 26.4 Å². The second-order valence-corrected chi connectivity index (χ2v) is 6.93. The topological polar surface area (TPSA) is 58.1 Å². The van der Waals surface area contributed by atoms with Crippen LogP contribution in [0.15, 0.2) is 23.2 Å². The Balaban J connectivity index is 1.46. The Bertz CT molecular complexity index is 599. The summed E-state index contributed by atoms with van der Waals surface area (Å²) in [5.74, 6) is 1.95. The van der Waals surface area contributed by atoms with Crippen molar-refractivity contribution >= 4 is 5.96 Å². The van der Waals surface area contributed by atoms with Crippen LogP contribution in [-0.4, -0.2) is 69.4 Å². The van der Waals surface area contributed by atoms with Gasteiger partial charge in [-0.25, -0.2) is 0 Å². The summed E-state index contributed by atoms with van der Waals surface area (Å²) in [5, 5.41) is 6.80. The van der Waals surface area contributed by atoms with Crippen LogP contribution in [0.1, 0.15) is 25.0 Å². The van der Waals surface area contributed by atoms with Crippen LogP contribution in [-0.2, 0) is 17.6 Å². The van der Waals surface area contributed by atoms with Gasteiger partial charge in [-0.05, 0) is 37.5 Å². The van der Waals surface area contributed by atoms with Crippen LogP contribution in [0.5, 0.6) is 5.75 Å². The standard InChI is InChI=1S/C20H32N4O2/c1-3-21-20(23-15-16(2)24-9-12-25-13-10-24)22-8-6-17-4-5-19-18(14-17)7-11-26-19/h4-5,14,16H,3,6-13,15H2,1-2H3,(H2,21,22,23). The third kappa shape index (κ3) is 5.35. The maximum absolute atomic E-state index is 5.58. The summed E-state index contributed by atoms with van der Waals surface area (Å²) in [7, 11) is 0. The summed E-state index contributed by atoms with van der Waals surface area (Å²) in [6.07, 6.45) is 2.01. The largest absolute Gasteiger partial charge is 0.493 e. The number of fused-ring (bicyclic) bond motifs is 1. The van der Waals surface area contributed by atoms with E-state index in [1.807, 2.05) is 0 Å². The van der Waals surface area contributed by atoms with Crippen molar-refractivity contribution in [3.63, 3.8) is 0 Å². The lowest BCUT2D eigenvalue weighted by Crippen LogP contribution is -2.44. The van der Waals surface area contributed by atoms with Gasteiger partial charge in [-0.15, -0.1) is 0 Å². The molecule has 26 heavy (non-hydrogen) atoms. The van der Waals surface area contributed by atoms with Crippen molar-refractivity contribution in [3.8, 4) is 5.75 Å². The summed E-state index contributed by atoms with van der Waals surface area (Å²) >= 11 is 0. The molecule has 1 aromatic carbocycles. The highest BCUT2D eigenvalue weighted by Crippen LogP contribution is 2.25. The molecule has 2 N–H and O–H groups in total. The van der Waals surface area contributed by atoms with Gasteiger partial charge < -0.3 is 20.1 Å². The number of aliphatic imine (C=N–C) groups is 1. The highest BCUT2D eigenvalue weighted by Gasteiger charge is 2.16. The number of nitrogens with zero attached hydrogens (tertiary/aromatic N) is 2. The third-order valence-corrected chi connectivity index (χ3v) is 4.99. The number of hydrogen-bond acceptors (Lipinski definition) is 4. The van der Waals surface area contributed by atoms with E-state index < -0.39 is 0 Å². The van der Waals surface area contributed by atoms with Crippen molar-refractivity contribution < 1.29 is 9.47 Å². The zero-order valence-electron chi connectivity index (χ0n) is 16.1. The van der Waals surface area contributed by atoms with Crippen molar-refractivity contribution in [2.45, 2.75) is 32.7 Å². The van der Waals surface area contributed by atoms with Gasteiger partial charge in [0.2, 0.25) is 0 Å². The van der Waals surface area contributed by atoms with Crippen LogP contribution < -0.4 is 15.4 Å². The van der Waals surface area contributed by atoms with Gasteiger partial charge in [0, 0.05) is 38.6 Å². The molecule has 1 saturated heterocycles. The van der Waals surface area contributed by atoms with E-state index in [-0.39, 0.29) is 0 Å². The van der Waals surface area contributed by atoms with Gasteiger partial charge in [0.25, 0.3) is 0 Å². The third-order valence-electron chi connectivity index (χ3n) is 4.99. The summed E-state index contributed by atoms with van der Waals surface area (Å²) < 4.78 is 11.0. The van der Waals surface area contributed by atoms with Gasteiger partial charge in [0.1, 0.15) is 5.75 Å². The predicted octanol–water partition coefficient (Wildman–Crippen LogP) is 1.44. The van der Waals surface area contributed by atoms with E-state index in [1.165, 1.54) is 11.1 Å². The number of guanidine groups is 1. The summed E-state index contributed by atoms with van der Waals surface area (Å²) in [5.41, 5.74) is 2.68. The molecule has 0 saturated carbocycles. The minimum Gasteiger partial charge on any atom is -0.493 e. The summed E-state index contributed by atoms with van der Waals surface area (Å²) in [6.45, 7) is 11.4. The molecule has 0 amide bonds. The first-order valence-corrected chi connectivity index (χ1v) is 9.85. The van der Waals surface area contributed by atoms with Crippen molar-refractivity contribution in [1.29, 1.82) is 0 Å². The molecule has 144 valence electrons. The minimum atomic E-state index is 0.436. The van der Waals surface area contributed by atoms with Crippen LogP contribution in [0.4, 0.5) is 0 Å². The van der Waals surface area contributed by atoms with E-state index in [0.29, 0.717) is 6.04 Å². The lowest BCUT2D eigenvalue weighted by molar-refractivity contribution is 0.0220. The normalized spacial score (nSPS) is 18.9. The van der Waals surface area contributed by atoms with Crippen LogP contribution in [0.25, 0.3) is 0 Å². The highest BCUT2D eigenvalue weighted by molar-refractivity contribution is 5.79. The van der Waals surface area contributed by atoms with Crippen LogP contribution in [0, 0.1) is 0 Å². The maximum atomic E-state index is 5.58. The maximum Gasteiger partial charge on any atom is 0.191 e. The van der Waals surface area contributed by atoms with Crippen LogP contribution >= 0.6 is 0 Å². The number of nitrogens with one attached hydrogen (secondary N) is 2. The lowest BCUT2D eigenvalue weighted by atomic mass is 10.1. The molecular formula is C20H32N4O2. The number of benzene rings is 1. The smallest absolute Gasteiger partial charge is 0.191 e. The molecule has 6 nitrogen and oxygen atoms in total. The molecule has 3 rings (SSSR count). The fraction of sp³-hybridized carbons (Fsp3) is 0.650. The number of rotatable bonds is 7. The molecule has 1 unspecified atom stereocenters. The summed E-state index contributed by atoms with van der Waals surface area (Å²) in [6, 6.07) is 6.97. The zero-order valence-corrected chi connectivity index (χ0v) is 16.1. The highest BCUT2D eigenvalue weighted by atomic mass is 16.5. The molecular weight excluding hydrogens is 328 g/mol. The number of hydrogen-bond donors (Lipinski definition) is 2. The average molecular weight is 361 g/mol. The Morgan fingerprint density at radius 1 is 1.23 bits per heavy atom. The van der Waals surface area contributed by atoms with E-state index in [9.17, 15) is 0 Å². The second kappa shape index (κ2) is 9.78. The molecule has 6 heteroatoms. The van der Waals surface area contributed by atoms with Crippen molar-refractivity contribution in [2.75, 3.05) is 52.5 Å². The Morgan fingerprint density at radius 3 is 2.88 bits per heavy atom. The predicted molar refractivity (Wildman–Crippen MR) is 105 cm³/mol. The first-order chi connectivity index (χ1) is 12.8. The monoisotopic (exact) mass is 360 g/mol. The van der Waals surface area contributed by atoms with E-state index in [1.54, 1.807) is 0 Å². The molecule has 0 aromatic heterocycles. The Labute approximate surface area is 157 Å². The molecule has 0 aliphatic carbocycles. The van der Waals surface area contributed by atoms with Crippen molar-refractivity contribution in [1.82, 2.24) is 15.5 Å². The summed E-state index contributed by atoms with van der Waals surface area (Å²) in [4.78, 5) is 7.22. The molecule has 0 spiro atoms. The molecule has 0 bridgehead atoms. The molecule has 1 aromatic rings. The van der Waals surface area contributed by atoms with E-state index in [0.717, 1.165) is 77.1 Å². The molecule has 1 atom stereocenters. The molecule has 2 heterocycles. The number of morpholine rings is 1. The second-order valence-electron chi connectivity index (χ2n) is 6.93. The Morgan fingerprint density at radius 2 is 2.08 bits per heavy atom. The van der Waals surface area contributed by atoms with Crippen molar-refractivity contribution in [3.05, 3.63) is 29.3 Å². The zero-order chi connectivity index (χ0) is 18.2. The van der Waals surface area contributed by atoms with Crippen LogP contribution in [0.3, 0.4) is 0 Å². The van der Waals surface area contributed by atoms with Crippen LogP contribution in [0.2, 0.25) is 0 Å². The first-order valence-electron chi connectivity index (χ1n) is 9.85. The molecule has 0 radical (unpaired) electrons. The van der Waals surface area contributed by atoms with Crippen molar-refractivity contribution in [2.24, 2.45) is 4.99 Å². The quantitative estimate of drug-likeness (QED) is 0.569. The van der Waals surface area contributed by atoms with Gasteiger partial charge in [-0.2, -0.15) is 0 Å². The first kappa shape index (κ1) is 19.0.